The Balaban J connectivity index is 0.00000529. The Labute approximate surface area is 147 Å². The molecule has 0 aliphatic heterocycles. The van der Waals surface area contributed by atoms with Crippen molar-refractivity contribution in [3.63, 3.8) is 0 Å². The van der Waals surface area contributed by atoms with Crippen LogP contribution >= 0.6 is 0 Å². The van der Waals surface area contributed by atoms with Gasteiger partial charge in [0.1, 0.15) is 12.4 Å². The van der Waals surface area contributed by atoms with E-state index in [9.17, 15) is 9.90 Å². The van der Waals surface area contributed by atoms with Crippen LogP contribution in [0.1, 0.15) is 23.2 Å². The van der Waals surface area contributed by atoms with Gasteiger partial charge in [-0.05, 0) is 48.1 Å². The van der Waals surface area contributed by atoms with Crippen LogP contribution in [0.2, 0.25) is 6.04 Å². The number of carbonyl (C=O) groups excluding carboxylic acids is 1. The Bertz CT molecular complexity index is 469. The van der Waals surface area contributed by atoms with E-state index < -0.39 is 20.9 Å². The summed E-state index contributed by atoms with van der Waals surface area (Å²) in [6, 6.07) is 6.29. The zero-order valence-corrected chi connectivity index (χ0v) is 14.7. The van der Waals surface area contributed by atoms with E-state index in [1.807, 2.05) is 0 Å². The van der Waals surface area contributed by atoms with Gasteiger partial charge in [-0.2, -0.15) is 0 Å². The molecular formula is C15H28O7Si2. The van der Waals surface area contributed by atoms with E-state index in [0.29, 0.717) is 24.4 Å². The summed E-state index contributed by atoms with van der Waals surface area (Å²) in [5.41, 5.74) is 0.319. The lowest BCUT2D eigenvalue weighted by atomic mass is 10.2. The number of phenolic OH excluding ortho intramolecular Hbond substituents is 1. The fourth-order valence-electron chi connectivity index (χ4n) is 2.05. The molecule has 1 aromatic carbocycles. The number of benzene rings is 1. The highest BCUT2D eigenvalue weighted by atomic mass is 28.4. The van der Waals surface area contributed by atoms with Gasteiger partial charge in [-0.15, -0.1) is 0 Å². The summed E-state index contributed by atoms with van der Waals surface area (Å²) in [5, 5.41) is 19.0. The van der Waals surface area contributed by atoms with Crippen molar-refractivity contribution < 1.29 is 33.0 Å². The minimum absolute atomic E-state index is 0. The molecule has 24 heavy (non-hydrogen) atoms. The van der Waals surface area contributed by atoms with Crippen molar-refractivity contribution >= 4 is 25.7 Å². The molecule has 0 aliphatic rings. The van der Waals surface area contributed by atoms with Gasteiger partial charge in [0.2, 0.25) is 0 Å². The SMILES string of the molecule is CO[Si](CCCC(O)COC(=O)c1ccc(O)cc1)(OC)OC.[SiH4]. The number of ether oxygens (including phenoxy) is 1. The molecule has 7 nitrogen and oxygen atoms in total. The summed E-state index contributed by atoms with van der Waals surface area (Å²) in [6.45, 7) is -0.0960. The lowest BCUT2D eigenvalue weighted by molar-refractivity contribution is 0.0232. The van der Waals surface area contributed by atoms with Gasteiger partial charge in [0.05, 0.1) is 11.7 Å². The van der Waals surface area contributed by atoms with E-state index in [-0.39, 0.29) is 23.3 Å². The van der Waals surface area contributed by atoms with Crippen LogP contribution in [-0.4, -0.2) is 70.0 Å². The van der Waals surface area contributed by atoms with Crippen molar-refractivity contribution in [2.75, 3.05) is 27.9 Å². The smallest absolute Gasteiger partial charge is 0.500 e. The normalized spacial score (nSPS) is 12.3. The Hall–Kier alpha value is -1.24. The van der Waals surface area contributed by atoms with Crippen LogP contribution in [0.4, 0.5) is 0 Å². The second-order valence-corrected chi connectivity index (χ2v) is 8.08. The molecule has 1 rings (SSSR count). The quantitative estimate of drug-likeness (QED) is 0.442. The van der Waals surface area contributed by atoms with Gasteiger partial charge < -0.3 is 28.2 Å². The van der Waals surface area contributed by atoms with Crippen LogP contribution in [0.25, 0.3) is 0 Å². The van der Waals surface area contributed by atoms with Crippen molar-refractivity contribution in [1.29, 1.82) is 0 Å². The molecule has 0 saturated carbocycles. The number of phenols is 1. The van der Waals surface area contributed by atoms with Gasteiger partial charge >= 0.3 is 14.8 Å². The van der Waals surface area contributed by atoms with Gasteiger partial charge in [0.15, 0.2) is 0 Å². The van der Waals surface area contributed by atoms with Crippen molar-refractivity contribution in [3.05, 3.63) is 29.8 Å². The van der Waals surface area contributed by atoms with E-state index in [0.717, 1.165) is 0 Å². The molecule has 0 radical (unpaired) electrons. The fourth-order valence-corrected chi connectivity index (χ4v) is 3.80. The first-order chi connectivity index (χ1) is 11.0. The first-order valence-corrected chi connectivity index (χ1v) is 9.19. The summed E-state index contributed by atoms with van der Waals surface area (Å²) in [4.78, 5) is 11.8. The van der Waals surface area contributed by atoms with E-state index in [1.165, 1.54) is 45.6 Å². The third-order valence-electron chi connectivity index (χ3n) is 3.46. The standard InChI is InChI=1S/C15H24O7Si.H4Si/c1-19-23(20-2,21-3)10-4-5-14(17)11-22-15(18)12-6-8-13(16)9-7-12;/h6-9,14,16-17H,4-5,10-11H2,1-3H3;1H4. The predicted octanol–water partition coefficient (Wildman–Crippen LogP) is 0.117. The van der Waals surface area contributed by atoms with E-state index in [4.69, 9.17) is 23.1 Å². The molecular weight excluding hydrogens is 348 g/mol. The second-order valence-electron chi connectivity index (χ2n) is 4.99. The maximum absolute atomic E-state index is 11.8. The molecule has 0 aromatic heterocycles. The predicted molar refractivity (Wildman–Crippen MR) is 96.6 cm³/mol. The van der Waals surface area contributed by atoms with Crippen LogP contribution in [0, 0.1) is 0 Å². The third kappa shape index (κ3) is 7.11. The van der Waals surface area contributed by atoms with Crippen molar-refractivity contribution in [3.8, 4) is 5.75 Å². The van der Waals surface area contributed by atoms with Crippen molar-refractivity contribution in [2.24, 2.45) is 0 Å². The fraction of sp³-hybridized carbons (Fsp3) is 0.533. The first kappa shape index (κ1) is 22.8. The number of carbonyl (C=O) groups is 1. The van der Waals surface area contributed by atoms with Gasteiger partial charge in [-0.3, -0.25) is 0 Å². The summed E-state index contributed by atoms with van der Waals surface area (Å²) < 4.78 is 20.9. The van der Waals surface area contributed by atoms with Gasteiger partial charge in [-0.25, -0.2) is 4.79 Å². The molecule has 1 unspecified atom stereocenters. The monoisotopic (exact) mass is 376 g/mol. The number of aliphatic hydroxyl groups excluding tert-OH is 1. The molecule has 0 amide bonds. The molecule has 1 atom stereocenters. The topological polar surface area (TPSA) is 94.5 Å². The molecule has 0 bridgehead atoms. The average molecular weight is 377 g/mol. The maximum atomic E-state index is 11.8. The minimum Gasteiger partial charge on any atom is -0.508 e. The highest BCUT2D eigenvalue weighted by molar-refractivity contribution is 6.60. The molecule has 0 saturated heterocycles. The molecule has 138 valence electrons. The maximum Gasteiger partial charge on any atom is 0.500 e. The van der Waals surface area contributed by atoms with E-state index in [2.05, 4.69) is 0 Å². The molecule has 2 N–H and O–H groups in total. The summed E-state index contributed by atoms with van der Waals surface area (Å²) in [6.07, 6.45) is 0.293. The Morgan fingerprint density at radius 3 is 2.17 bits per heavy atom. The minimum atomic E-state index is -2.63. The van der Waals surface area contributed by atoms with E-state index in [1.54, 1.807) is 0 Å². The zero-order chi connectivity index (χ0) is 17.3. The van der Waals surface area contributed by atoms with Crippen LogP contribution in [0.15, 0.2) is 24.3 Å². The molecule has 0 fully saturated rings. The second kappa shape index (κ2) is 11.3. The largest absolute Gasteiger partial charge is 0.508 e. The Morgan fingerprint density at radius 2 is 1.67 bits per heavy atom. The number of hydrogen-bond acceptors (Lipinski definition) is 7. The summed E-state index contributed by atoms with van der Waals surface area (Å²) in [7, 11) is 1.98. The highest BCUT2D eigenvalue weighted by Gasteiger charge is 2.37. The molecule has 0 aliphatic carbocycles. The molecule has 0 spiro atoms. The number of esters is 1. The van der Waals surface area contributed by atoms with Crippen LogP contribution in [-0.2, 0) is 18.0 Å². The van der Waals surface area contributed by atoms with E-state index >= 15 is 0 Å². The number of hydrogen-bond donors (Lipinski definition) is 2. The number of aliphatic hydroxyl groups is 1. The van der Waals surface area contributed by atoms with Gasteiger partial charge in [0.25, 0.3) is 0 Å². The van der Waals surface area contributed by atoms with Crippen LogP contribution in [0.3, 0.4) is 0 Å². The summed E-state index contributed by atoms with van der Waals surface area (Å²) in [5.74, 6) is -0.470. The zero-order valence-electron chi connectivity index (χ0n) is 13.7. The van der Waals surface area contributed by atoms with Crippen molar-refractivity contribution in [1.82, 2.24) is 0 Å². The molecule has 9 heteroatoms. The lowest BCUT2D eigenvalue weighted by Gasteiger charge is -2.24. The lowest BCUT2D eigenvalue weighted by Crippen LogP contribution is -2.42. The van der Waals surface area contributed by atoms with Gasteiger partial charge in [0, 0.05) is 27.4 Å². The molecule has 0 heterocycles. The third-order valence-corrected chi connectivity index (χ3v) is 6.30. The number of aromatic hydroxyl groups is 1. The Kier molecular flexibility index (Phi) is 10.8. The van der Waals surface area contributed by atoms with Gasteiger partial charge in [-0.1, -0.05) is 0 Å². The molecule has 1 aromatic rings. The Morgan fingerprint density at radius 1 is 1.12 bits per heavy atom. The summed E-state index contributed by atoms with van der Waals surface area (Å²) >= 11 is 0. The highest BCUT2D eigenvalue weighted by Crippen LogP contribution is 2.17. The van der Waals surface area contributed by atoms with Crippen LogP contribution in [0.5, 0.6) is 5.75 Å². The van der Waals surface area contributed by atoms with Crippen molar-refractivity contribution in [2.45, 2.75) is 25.0 Å². The average Bonchev–Trinajstić information content (AvgIpc) is 2.57. The number of rotatable bonds is 10. The van der Waals surface area contributed by atoms with Crippen LogP contribution < -0.4 is 0 Å². The first-order valence-electron chi connectivity index (χ1n) is 7.26.